The molecule has 1 aromatic heterocycles. The van der Waals surface area contributed by atoms with Gasteiger partial charge in [-0.2, -0.15) is 18.3 Å². The van der Waals surface area contributed by atoms with E-state index in [0.717, 1.165) is 17.2 Å². The molecule has 3 aromatic carbocycles. The van der Waals surface area contributed by atoms with E-state index in [4.69, 9.17) is 5.73 Å². The lowest BCUT2D eigenvalue weighted by molar-refractivity contribution is -0.141. The van der Waals surface area contributed by atoms with Crippen molar-refractivity contribution >= 4 is 11.7 Å². The Labute approximate surface area is 180 Å². The molecule has 4 rings (SSSR count). The molecule has 0 spiro atoms. The first kappa shape index (κ1) is 21.1. The second-order valence-corrected chi connectivity index (χ2v) is 6.94. The third kappa shape index (κ3) is 4.46. The van der Waals surface area contributed by atoms with Gasteiger partial charge in [-0.15, -0.1) is 0 Å². The van der Waals surface area contributed by atoms with Gasteiger partial charge in [-0.1, -0.05) is 36.4 Å². The van der Waals surface area contributed by atoms with Crippen LogP contribution in [0.1, 0.15) is 5.69 Å². The van der Waals surface area contributed by atoms with Crippen LogP contribution in [0.5, 0.6) is 0 Å². The maximum atomic E-state index is 13.4. The zero-order chi connectivity index (χ0) is 22.9. The first-order chi connectivity index (χ1) is 15.2. The topological polar surface area (TPSA) is 72.9 Å². The second-order valence-electron chi connectivity index (χ2n) is 6.94. The molecule has 4 aromatic rings. The summed E-state index contributed by atoms with van der Waals surface area (Å²) in [6, 6.07) is 19.0. The lowest BCUT2D eigenvalue weighted by atomic mass is 10.0. The fourth-order valence-electron chi connectivity index (χ4n) is 3.23. The summed E-state index contributed by atoms with van der Waals surface area (Å²) in [7, 11) is 0. The molecule has 0 aliphatic carbocycles. The van der Waals surface area contributed by atoms with Gasteiger partial charge in [0, 0.05) is 11.3 Å². The summed E-state index contributed by atoms with van der Waals surface area (Å²) < 4.78 is 54.4. The maximum Gasteiger partial charge on any atom is 0.435 e. The lowest BCUT2D eigenvalue weighted by Crippen LogP contribution is -2.19. The number of hydrogen-bond donors (Lipinski definition) is 2. The summed E-state index contributed by atoms with van der Waals surface area (Å²) >= 11 is 0. The van der Waals surface area contributed by atoms with Crippen molar-refractivity contribution in [2.75, 3.05) is 5.32 Å². The molecule has 0 radical (unpaired) electrons. The number of carbonyl (C=O) groups is 1. The smallest absolute Gasteiger partial charge is 0.351 e. The van der Waals surface area contributed by atoms with E-state index in [1.165, 1.54) is 41.1 Å². The quantitative estimate of drug-likeness (QED) is 0.391. The average Bonchev–Trinajstić information content (AvgIpc) is 3.21. The van der Waals surface area contributed by atoms with Crippen LogP contribution in [0.3, 0.4) is 0 Å². The van der Waals surface area contributed by atoms with Crippen LogP contribution in [0.2, 0.25) is 0 Å². The van der Waals surface area contributed by atoms with Gasteiger partial charge in [0.25, 0.3) is 0 Å². The van der Waals surface area contributed by atoms with Gasteiger partial charge in [-0.05, 0) is 53.6 Å². The maximum absolute atomic E-state index is 13.4. The fourth-order valence-corrected chi connectivity index (χ4v) is 3.23. The SMILES string of the molecule is NC(=O)Nc1ccc(-n2nc(C(F)(F)F)cc2-c2ccc(-c3ccc(F)cc3)cc2)cc1. The molecular formula is C23H16F4N4O. The molecule has 0 saturated heterocycles. The van der Waals surface area contributed by atoms with Crippen molar-refractivity contribution in [2.45, 2.75) is 6.18 Å². The van der Waals surface area contributed by atoms with Crippen molar-refractivity contribution in [3.63, 3.8) is 0 Å². The average molecular weight is 440 g/mol. The number of carbonyl (C=O) groups excluding carboxylic acids is 1. The number of nitrogens with one attached hydrogen (secondary N) is 1. The number of alkyl halides is 3. The Morgan fingerprint density at radius 2 is 1.38 bits per heavy atom. The first-order valence-electron chi connectivity index (χ1n) is 9.41. The van der Waals surface area contributed by atoms with Crippen LogP contribution in [-0.4, -0.2) is 15.8 Å². The molecule has 0 aliphatic heterocycles. The van der Waals surface area contributed by atoms with E-state index < -0.39 is 17.9 Å². The normalized spacial score (nSPS) is 11.4. The van der Waals surface area contributed by atoms with Crippen molar-refractivity contribution in [1.82, 2.24) is 9.78 Å². The van der Waals surface area contributed by atoms with Gasteiger partial charge < -0.3 is 11.1 Å². The molecule has 1 heterocycles. The van der Waals surface area contributed by atoms with Gasteiger partial charge in [0.15, 0.2) is 5.69 Å². The van der Waals surface area contributed by atoms with Crippen LogP contribution in [-0.2, 0) is 6.18 Å². The highest BCUT2D eigenvalue weighted by Gasteiger charge is 2.35. The predicted molar refractivity (Wildman–Crippen MR) is 113 cm³/mol. The van der Waals surface area contributed by atoms with Crippen LogP contribution >= 0.6 is 0 Å². The van der Waals surface area contributed by atoms with Gasteiger partial charge in [0.1, 0.15) is 5.82 Å². The highest BCUT2D eigenvalue weighted by molar-refractivity contribution is 5.87. The van der Waals surface area contributed by atoms with Gasteiger partial charge in [0.2, 0.25) is 0 Å². The molecule has 5 nitrogen and oxygen atoms in total. The van der Waals surface area contributed by atoms with Crippen LogP contribution in [0.4, 0.5) is 28.0 Å². The van der Waals surface area contributed by atoms with E-state index in [1.54, 1.807) is 36.4 Å². The van der Waals surface area contributed by atoms with Gasteiger partial charge in [0.05, 0.1) is 11.4 Å². The monoisotopic (exact) mass is 440 g/mol. The molecule has 0 atom stereocenters. The van der Waals surface area contributed by atoms with Crippen LogP contribution in [0.15, 0.2) is 78.9 Å². The standard InChI is InChI=1S/C23H16F4N4O/c24-17-7-5-15(6-8-17)14-1-3-16(4-2-14)20-13-21(23(25,26)27)30-31(20)19-11-9-18(10-12-19)29-22(28)32/h1-13H,(H3,28,29,32). The largest absolute Gasteiger partial charge is 0.435 e. The third-order valence-electron chi connectivity index (χ3n) is 4.74. The number of amides is 2. The number of anilines is 1. The minimum Gasteiger partial charge on any atom is -0.351 e. The summed E-state index contributed by atoms with van der Waals surface area (Å²) in [6.07, 6.45) is -4.62. The second kappa shape index (κ2) is 8.18. The number of nitrogens with zero attached hydrogens (tertiary/aromatic N) is 2. The number of benzene rings is 3. The van der Waals surface area contributed by atoms with Crippen molar-refractivity contribution in [3.8, 4) is 28.1 Å². The molecule has 3 N–H and O–H groups in total. The third-order valence-corrected chi connectivity index (χ3v) is 4.74. The van der Waals surface area contributed by atoms with E-state index >= 15 is 0 Å². The van der Waals surface area contributed by atoms with Crippen LogP contribution in [0, 0.1) is 5.82 Å². The van der Waals surface area contributed by atoms with Crippen LogP contribution in [0.25, 0.3) is 28.1 Å². The Balaban J connectivity index is 1.74. The van der Waals surface area contributed by atoms with E-state index in [0.29, 0.717) is 16.9 Å². The molecule has 162 valence electrons. The number of urea groups is 1. The van der Waals surface area contributed by atoms with E-state index in [9.17, 15) is 22.4 Å². The number of nitrogens with two attached hydrogens (primary N) is 1. The minimum absolute atomic E-state index is 0.235. The molecule has 32 heavy (non-hydrogen) atoms. The number of rotatable bonds is 4. The summed E-state index contributed by atoms with van der Waals surface area (Å²) in [5, 5.41) is 6.14. The Kier molecular flexibility index (Phi) is 5.40. The highest BCUT2D eigenvalue weighted by Crippen LogP contribution is 2.34. The van der Waals surface area contributed by atoms with E-state index in [2.05, 4.69) is 10.4 Å². The molecule has 9 heteroatoms. The van der Waals surface area contributed by atoms with Crippen molar-refractivity contribution in [1.29, 1.82) is 0 Å². The molecule has 2 amide bonds. The summed E-state index contributed by atoms with van der Waals surface area (Å²) in [6.45, 7) is 0. The molecule has 0 aliphatic rings. The summed E-state index contributed by atoms with van der Waals surface area (Å²) in [5.41, 5.74) is 7.12. The van der Waals surface area contributed by atoms with Crippen molar-refractivity contribution < 1.29 is 22.4 Å². The number of aromatic nitrogens is 2. The highest BCUT2D eigenvalue weighted by atomic mass is 19.4. The van der Waals surface area contributed by atoms with E-state index in [-0.39, 0.29) is 11.5 Å². The Bertz CT molecular complexity index is 1250. The zero-order valence-corrected chi connectivity index (χ0v) is 16.4. The number of hydrogen-bond acceptors (Lipinski definition) is 2. The minimum atomic E-state index is -4.62. The zero-order valence-electron chi connectivity index (χ0n) is 16.4. The van der Waals surface area contributed by atoms with Gasteiger partial charge in [-0.25, -0.2) is 13.9 Å². The predicted octanol–water partition coefficient (Wildman–Crippen LogP) is 5.85. The van der Waals surface area contributed by atoms with Crippen LogP contribution < -0.4 is 11.1 Å². The summed E-state index contributed by atoms with van der Waals surface area (Å²) in [4.78, 5) is 11.0. The molecular weight excluding hydrogens is 424 g/mol. The fraction of sp³-hybridized carbons (Fsp3) is 0.0435. The van der Waals surface area contributed by atoms with Gasteiger partial charge >= 0.3 is 12.2 Å². The summed E-state index contributed by atoms with van der Waals surface area (Å²) in [5.74, 6) is -0.356. The van der Waals surface area contributed by atoms with Crippen molar-refractivity contribution in [2.24, 2.45) is 5.73 Å². The van der Waals surface area contributed by atoms with Gasteiger partial charge in [-0.3, -0.25) is 0 Å². The molecule has 0 saturated carbocycles. The van der Waals surface area contributed by atoms with E-state index in [1.807, 2.05) is 0 Å². The lowest BCUT2D eigenvalue weighted by Gasteiger charge is -2.10. The Hall–Kier alpha value is -4.14. The van der Waals surface area contributed by atoms with Crippen molar-refractivity contribution in [3.05, 3.63) is 90.4 Å². The Morgan fingerprint density at radius 3 is 1.91 bits per heavy atom. The number of primary amides is 1. The molecule has 0 fully saturated rings. The number of halogens is 4. The molecule has 0 bridgehead atoms. The molecule has 0 unspecified atom stereocenters. The first-order valence-corrected chi connectivity index (χ1v) is 9.41. The Morgan fingerprint density at radius 1 is 0.844 bits per heavy atom.